The number of rotatable bonds is 3. The average Bonchev–Trinajstić information content (AvgIpc) is 2.42. The molecule has 1 saturated heterocycles. The first kappa shape index (κ1) is 18.9. The van der Waals surface area contributed by atoms with E-state index in [2.05, 4.69) is 9.88 Å². The molecule has 0 atom stereocenters. The van der Waals surface area contributed by atoms with E-state index in [1.807, 2.05) is 19.9 Å². The van der Waals surface area contributed by atoms with Gasteiger partial charge in [-0.2, -0.15) is 0 Å². The van der Waals surface area contributed by atoms with Crippen molar-refractivity contribution in [3.8, 4) is 0 Å². The molecule has 0 unspecified atom stereocenters. The van der Waals surface area contributed by atoms with E-state index in [-0.39, 0.29) is 19.0 Å². The van der Waals surface area contributed by atoms with Crippen LogP contribution < -0.4 is 10.6 Å². The summed E-state index contributed by atoms with van der Waals surface area (Å²) in [6.07, 6.45) is -0.530. The van der Waals surface area contributed by atoms with Gasteiger partial charge in [-0.3, -0.25) is 4.90 Å². The summed E-state index contributed by atoms with van der Waals surface area (Å²) in [7, 11) is 0. The molecule has 1 fully saturated rings. The van der Waals surface area contributed by atoms with Gasteiger partial charge in [-0.15, -0.1) is 12.4 Å². The Kier molecular flexibility index (Phi) is 9.16. The predicted octanol–water partition coefficient (Wildman–Crippen LogP) is 2.50. The number of anilines is 2. The molecule has 0 amide bonds. The third-order valence-corrected chi connectivity index (χ3v) is 2.90. The highest BCUT2D eigenvalue weighted by Gasteiger charge is 2.19. The Hall–Kier alpha value is -1.14. The molecule has 1 aliphatic rings. The lowest BCUT2D eigenvalue weighted by atomic mass is 10.2. The predicted molar refractivity (Wildman–Crippen MR) is 81.9 cm³/mol. The summed E-state index contributed by atoms with van der Waals surface area (Å²) in [6.45, 7) is 6.69. The molecule has 0 radical (unpaired) electrons. The van der Waals surface area contributed by atoms with Crippen LogP contribution in [0, 0.1) is 0 Å². The van der Waals surface area contributed by atoms with E-state index < -0.39 is 6.43 Å². The molecule has 2 heterocycles. The van der Waals surface area contributed by atoms with Gasteiger partial charge >= 0.3 is 0 Å². The van der Waals surface area contributed by atoms with Crippen LogP contribution in [0.25, 0.3) is 0 Å². The van der Waals surface area contributed by atoms with Gasteiger partial charge in [0.05, 0.1) is 18.4 Å². The minimum absolute atomic E-state index is 0. The Morgan fingerprint density at radius 1 is 1.20 bits per heavy atom. The van der Waals surface area contributed by atoms with Gasteiger partial charge in [0.2, 0.25) is 0 Å². The molecule has 7 heteroatoms. The number of pyridine rings is 1. The fraction of sp³-hybridized carbons (Fsp3) is 0.615. The van der Waals surface area contributed by atoms with Crippen LogP contribution in [0.4, 0.5) is 20.3 Å². The molecule has 4 nitrogen and oxygen atoms in total. The van der Waals surface area contributed by atoms with Crippen LogP contribution in [0.1, 0.15) is 13.8 Å². The molecule has 0 saturated carbocycles. The number of alkyl halides is 2. The second-order valence-electron chi connectivity index (χ2n) is 4.12. The highest BCUT2D eigenvalue weighted by molar-refractivity contribution is 5.85. The third kappa shape index (κ3) is 5.88. The van der Waals surface area contributed by atoms with E-state index in [1.54, 1.807) is 17.2 Å². The van der Waals surface area contributed by atoms with Gasteiger partial charge in [0.1, 0.15) is 5.82 Å². The number of piperazine rings is 1. The van der Waals surface area contributed by atoms with Crippen molar-refractivity contribution in [1.29, 1.82) is 0 Å². The van der Waals surface area contributed by atoms with Crippen molar-refractivity contribution in [2.75, 3.05) is 43.4 Å². The maximum absolute atomic E-state index is 12.2. The van der Waals surface area contributed by atoms with Gasteiger partial charge in [-0.05, 0) is 12.1 Å². The highest BCUT2D eigenvalue weighted by atomic mass is 35.5. The normalized spacial score (nSPS) is 15.3. The van der Waals surface area contributed by atoms with Gasteiger partial charge in [-0.1, -0.05) is 13.8 Å². The molecule has 0 aliphatic carbocycles. The molecule has 0 spiro atoms. The van der Waals surface area contributed by atoms with Crippen LogP contribution in [0.15, 0.2) is 18.3 Å². The SMILES string of the molecule is CC.Cl.Nc1ccc(N2CCN(CC(F)F)CC2)cn1. The van der Waals surface area contributed by atoms with E-state index in [0.717, 1.165) is 18.8 Å². The number of aromatic nitrogens is 1. The molecule has 20 heavy (non-hydrogen) atoms. The molecule has 1 aliphatic heterocycles. The summed E-state index contributed by atoms with van der Waals surface area (Å²) >= 11 is 0. The standard InChI is InChI=1S/C11H16F2N4.C2H6.ClH/c12-10(13)8-16-3-5-17(6-4-16)9-1-2-11(14)15-7-9;1-2;/h1-2,7,10H,3-6,8H2,(H2,14,15);1-2H3;1H. The second kappa shape index (κ2) is 9.72. The Balaban J connectivity index is 0.00000115. The van der Waals surface area contributed by atoms with Crippen LogP contribution in [0.3, 0.4) is 0 Å². The van der Waals surface area contributed by atoms with Crippen LogP contribution in [-0.4, -0.2) is 49.0 Å². The zero-order chi connectivity index (χ0) is 14.3. The number of halogens is 3. The summed E-state index contributed by atoms with van der Waals surface area (Å²) < 4.78 is 24.4. The lowest BCUT2D eigenvalue weighted by Crippen LogP contribution is -2.47. The van der Waals surface area contributed by atoms with Crippen LogP contribution >= 0.6 is 12.4 Å². The van der Waals surface area contributed by atoms with Crippen molar-refractivity contribution in [3.05, 3.63) is 18.3 Å². The molecular formula is C13H23ClF2N4. The maximum atomic E-state index is 12.2. The van der Waals surface area contributed by atoms with Crippen molar-refractivity contribution < 1.29 is 8.78 Å². The lowest BCUT2D eigenvalue weighted by molar-refractivity contribution is 0.0854. The first-order valence-corrected chi connectivity index (χ1v) is 6.62. The number of nitrogens with two attached hydrogens (primary N) is 1. The summed E-state index contributed by atoms with van der Waals surface area (Å²) in [5.41, 5.74) is 6.51. The van der Waals surface area contributed by atoms with E-state index in [0.29, 0.717) is 18.9 Å². The first-order valence-electron chi connectivity index (χ1n) is 6.62. The first-order chi connectivity index (χ1) is 9.15. The minimum atomic E-state index is -2.25. The Morgan fingerprint density at radius 3 is 2.25 bits per heavy atom. The van der Waals surface area contributed by atoms with Gasteiger partial charge in [0.15, 0.2) is 0 Å². The Labute approximate surface area is 125 Å². The summed E-state index contributed by atoms with van der Waals surface area (Å²) in [6, 6.07) is 3.66. The number of hydrogen-bond acceptors (Lipinski definition) is 4. The zero-order valence-corrected chi connectivity index (χ0v) is 12.7. The van der Waals surface area contributed by atoms with Gasteiger partial charge in [0.25, 0.3) is 6.43 Å². The molecule has 2 rings (SSSR count). The van der Waals surface area contributed by atoms with Crippen molar-refractivity contribution in [2.45, 2.75) is 20.3 Å². The number of nitrogen functional groups attached to an aromatic ring is 1. The molecule has 1 aromatic rings. The smallest absolute Gasteiger partial charge is 0.251 e. The zero-order valence-electron chi connectivity index (χ0n) is 11.9. The molecule has 1 aromatic heterocycles. The van der Waals surface area contributed by atoms with Gasteiger partial charge in [0, 0.05) is 26.2 Å². The summed E-state index contributed by atoms with van der Waals surface area (Å²) in [4.78, 5) is 7.94. The van der Waals surface area contributed by atoms with E-state index >= 15 is 0 Å². The van der Waals surface area contributed by atoms with E-state index in [9.17, 15) is 8.78 Å². The molecule has 0 aromatic carbocycles. The lowest BCUT2D eigenvalue weighted by Gasteiger charge is -2.35. The Bertz CT molecular complexity index is 354. The van der Waals surface area contributed by atoms with Crippen molar-refractivity contribution in [1.82, 2.24) is 9.88 Å². The third-order valence-electron chi connectivity index (χ3n) is 2.90. The quantitative estimate of drug-likeness (QED) is 0.932. The van der Waals surface area contributed by atoms with Crippen LogP contribution in [0.2, 0.25) is 0 Å². The Morgan fingerprint density at radius 2 is 1.80 bits per heavy atom. The van der Waals surface area contributed by atoms with Crippen molar-refractivity contribution >= 4 is 23.9 Å². The molecular weight excluding hydrogens is 286 g/mol. The average molecular weight is 309 g/mol. The van der Waals surface area contributed by atoms with E-state index in [4.69, 9.17) is 5.73 Å². The number of hydrogen-bond donors (Lipinski definition) is 1. The van der Waals surface area contributed by atoms with Crippen LogP contribution in [0.5, 0.6) is 0 Å². The molecule has 2 N–H and O–H groups in total. The molecule has 116 valence electrons. The minimum Gasteiger partial charge on any atom is -0.384 e. The fourth-order valence-electron chi connectivity index (χ4n) is 1.97. The fourth-order valence-corrected chi connectivity index (χ4v) is 1.97. The largest absolute Gasteiger partial charge is 0.384 e. The molecule has 0 bridgehead atoms. The van der Waals surface area contributed by atoms with Crippen LogP contribution in [-0.2, 0) is 0 Å². The van der Waals surface area contributed by atoms with Crippen molar-refractivity contribution in [3.63, 3.8) is 0 Å². The van der Waals surface area contributed by atoms with Crippen molar-refractivity contribution in [2.24, 2.45) is 0 Å². The van der Waals surface area contributed by atoms with Gasteiger partial charge < -0.3 is 10.6 Å². The topological polar surface area (TPSA) is 45.4 Å². The summed E-state index contributed by atoms with van der Waals surface area (Å²) in [5, 5.41) is 0. The van der Waals surface area contributed by atoms with E-state index in [1.165, 1.54) is 0 Å². The van der Waals surface area contributed by atoms with Gasteiger partial charge in [-0.25, -0.2) is 13.8 Å². The number of nitrogens with zero attached hydrogens (tertiary/aromatic N) is 3. The maximum Gasteiger partial charge on any atom is 0.251 e. The monoisotopic (exact) mass is 308 g/mol. The summed E-state index contributed by atoms with van der Waals surface area (Å²) in [5.74, 6) is 0.491. The highest BCUT2D eigenvalue weighted by Crippen LogP contribution is 2.16. The second-order valence-corrected chi connectivity index (χ2v) is 4.12.